The Morgan fingerprint density at radius 1 is 1.07 bits per heavy atom. The van der Waals surface area contributed by atoms with Crippen molar-refractivity contribution in [2.24, 2.45) is 0 Å². The summed E-state index contributed by atoms with van der Waals surface area (Å²) in [4.78, 5) is 16.0. The minimum Gasteiger partial charge on any atom is -0.497 e. The number of carbonyl (C=O) groups is 1. The lowest BCUT2D eigenvalue weighted by Crippen LogP contribution is -3.13. The number of hydrogen-bond acceptors (Lipinski definition) is 4. The van der Waals surface area contributed by atoms with Crippen molar-refractivity contribution in [2.75, 3.05) is 50.4 Å². The van der Waals surface area contributed by atoms with Crippen LogP contribution in [0.25, 0.3) is 0 Å². The van der Waals surface area contributed by atoms with E-state index in [0.29, 0.717) is 24.5 Å². The van der Waals surface area contributed by atoms with Gasteiger partial charge in [0.15, 0.2) is 0 Å². The van der Waals surface area contributed by atoms with Gasteiger partial charge in [-0.05, 0) is 24.3 Å². The zero-order valence-electron chi connectivity index (χ0n) is 16.9. The van der Waals surface area contributed by atoms with E-state index in [2.05, 4.69) is 12.1 Å². The zero-order chi connectivity index (χ0) is 20.9. The van der Waals surface area contributed by atoms with Crippen LogP contribution in [0.1, 0.15) is 5.56 Å². The number of carbonyl (C=O) groups excluding carboxylic acids is 1. The number of nitrogens with zero attached hydrogens (tertiary/aromatic N) is 2. The van der Waals surface area contributed by atoms with E-state index in [1.165, 1.54) is 10.5 Å². The maximum atomic E-state index is 12.8. The highest BCUT2D eigenvalue weighted by atomic mass is 32.2. The van der Waals surface area contributed by atoms with Gasteiger partial charge in [-0.25, -0.2) is 8.42 Å². The fraction of sp³-hybridized carbons (Fsp3) is 0.381. The standard InChI is InChI=1S/C21H27N3O4S/c1-28-20-10-8-19(9-11-20)24(29(2,26)27)17-21(25)23-14-12-22(13-15-23)16-18-6-4-3-5-7-18/h3-11H,12-17H2,1-2H3/p+1. The smallest absolute Gasteiger partial charge is 0.243 e. The van der Waals surface area contributed by atoms with Gasteiger partial charge in [0, 0.05) is 5.56 Å². The average Bonchev–Trinajstić information content (AvgIpc) is 2.72. The fourth-order valence-corrected chi connectivity index (χ4v) is 4.35. The number of nitrogens with one attached hydrogen (secondary N) is 1. The van der Waals surface area contributed by atoms with Crippen LogP contribution in [0.15, 0.2) is 54.6 Å². The molecule has 0 spiro atoms. The molecule has 1 amide bonds. The second kappa shape index (κ2) is 9.28. The molecule has 1 heterocycles. The van der Waals surface area contributed by atoms with Crippen LogP contribution in [-0.4, -0.2) is 65.3 Å². The number of piperazine rings is 1. The second-order valence-corrected chi connectivity index (χ2v) is 9.17. The summed E-state index contributed by atoms with van der Waals surface area (Å²) >= 11 is 0. The molecule has 0 unspecified atom stereocenters. The van der Waals surface area contributed by atoms with Gasteiger partial charge in [0.25, 0.3) is 0 Å². The molecule has 1 fully saturated rings. The van der Waals surface area contributed by atoms with Crippen molar-refractivity contribution in [2.45, 2.75) is 6.54 Å². The van der Waals surface area contributed by atoms with Crippen molar-refractivity contribution < 1.29 is 22.8 Å². The van der Waals surface area contributed by atoms with Crippen molar-refractivity contribution >= 4 is 21.6 Å². The Morgan fingerprint density at radius 3 is 2.24 bits per heavy atom. The zero-order valence-corrected chi connectivity index (χ0v) is 17.7. The lowest BCUT2D eigenvalue weighted by molar-refractivity contribution is -0.917. The first-order chi connectivity index (χ1) is 13.9. The highest BCUT2D eigenvalue weighted by Gasteiger charge is 2.28. The third kappa shape index (κ3) is 5.71. The number of rotatable bonds is 7. The summed E-state index contributed by atoms with van der Waals surface area (Å²) in [7, 11) is -2.04. The van der Waals surface area contributed by atoms with E-state index >= 15 is 0 Å². The van der Waals surface area contributed by atoms with E-state index in [4.69, 9.17) is 4.74 Å². The Kier molecular flexibility index (Phi) is 6.76. The van der Waals surface area contributed by atoms with Gasteiger partial charge in [0.05, 0.1) is 45.2 Å². The number of amides is 1. The minimum absolute atomic E-state index is 0.176. The van der Waals surface area contributed by atoms with Crippen molar-refractivity contribution in [1.82, 2.24) is 4.90 Å². The Bertz CT molecular complexity index is 909. The largest absolute Gasteiger partial charge is 0.497 e. The van der Waals surface area contributed by atoms with Gasteiger partial charge >= 0.3 is 0 Å². The molecule has 1 aliphatic rings. The molecule has 1 N–H and O–H groups in total. The normalized spacial score (nSPS) is 15.2. The molecule has 0 aliphatic carbocycles. The molecule has 29 heavy (non-hydrogen) atoms. The molecular formula is C21H28N3O4S+. The summed E-state index contributed by atoms with van der Waals surface area (Å²) in [6, 6.07) is 17.0. The predicted octanol–water partition coefficient (Wildman–Crippen LogP) is 0.389. The molecule has 0 aromatic heterocycles. The van der Waals surface area contributed by atoms with E-state index in [-0.39, 0.29) is 12.5 Å². The Balaban J connectivity index is 1.60. The molecule has 0 saturated carbocycles. The fourth-order valence-electron chi connectivity index (χ4n) is 3.51. The number of methoxy groups -OCH3 is 1. The van der Waals surface area contributed by atoms with E-state index in [1.807, 2.05) is 18.2 Å². The van der Waals surface area contributed by atoms with Gasteiger partial charge in [0.2, 0.25) is 15.9 Å². The van der Waals surface area contributed by atoms with Gasteiger partial charge in [0.1, 0.15) is 18.8 Å². The average molecular weight is 419 g/mol. The molecule has 0 bridgehead atoms. The maximum Gasteiger partial charge on any atom is 0.243 e. The van der Waals surface area contributed by atoms with Crippen LogP contribution in [-0.2, 0) is 21.4 Å². The molecule has 2 aromatic rings. The van der Waals surface area contributed by atoms with E-state index in [9.17, 15) is 13.2 Å². The molecular weight excluding hydrogens is 390 g/mol. The molecule has 156 valence electrons. The topological polar surface area (TPSA) is 71.4 Å². The molecule has 1 saturated heterocycles. The highest BCUT2D eigenvalue weighted by molar-refractivity contribution is 7.92. The molecule has 2 aromatic carbocycles. The summed E-state index contributed by atoms with van der Waals surface area (Å²) in [6.07, 6.45) is 1.12. The van der Waals surface area contributed by atoms with Crippen LogP contribution >= 0.6 is 0 Å². The Labute approximate surface area is 172 Å². The predicted molar refractivity (Wildman–Crippen MR) is 113 cm³/mol. The Hall–Kier alpha value is -2.58. The molecule has 3 rings (SSSR count). The second-order valence-electron chi connectivity index (χ2n) is 7.26. The molecule has 8 heteroatoms. The van der Waals surface area contributed by atoms with Crippen molar-refractivity contribution in [3.05, 3.63) is 60.2 Å². The van der Waals surface area contributed by atoms with Crippen LogP contribution in [0.5, 0.6) is 5.75 Å². The van der Waals surface area contributed by atoms with Crippen LogP contribution < -0.4 is 13.9 Å². The first kappa shape index (κ1) is 21.1. The lowest BCUT2D eigenvalue weighted by atomic mass is 10.2. The van der Waals surface area contributed by atoms with E-state index < -0.39 is 10.0 Å². The molecule has 0 radical (unpaired) electrons. The third-order valence-electron chi connectivity index (χ3n) is 5.16. The van der Waals surface area contributed by atoms with Crippen LogP contribution in [0.2, 0.25) is 0 Å². The van der Waals surface area contributed by atoms with Crippen LogP contribution in [0.3, 0.4) is 0 Å². The first-order valence-corrected chi connectivity index (χ1v) is 11.5. The maximum absolute atomic E-state index is 12.8. The number of sulfonamides is 1. The van der Waals surface area contributed by atoms with Gasteiger partial charge in [-0.1, -0.05) is 30.3 Å². The number of ether oxygens (including phenoxy) is 1. The minimum atomic E-state index is -3.58. The van der Waals surface area contributed by atoms with Gasteiger partial charge in [-0.2, -0.15) is 0 Å². The molecule has 7 nitrogen and oxygen atoms in total. The van der Waals surface area contributed by atoms with Gasteiger partial charge in [-0.15, -0.1) is 0 Å². The summed E-state index contributed by atoms with van der Waals surface area (Å²) in [5, 5.41) is 0. The van der Waals surface area contributed by atoms with E-state index in [0.717, 1.165) is 30.2 Å². The van der Waals surface area contributed by atoms with Crippen molar-refractivity contribution in [3.63, 3.8) is 0 Å². The van der Waals surface area contributed by atoms with Crippen molar-refractivity contribution in [1.29, 1.82) is 0 Å². The first-order valence-electron chi connectivity index (χ1n) is 9.64. The summed E-state index contributed by atoms with van der Waals surface area (Å²) in [6.45, 7) is 3.69. The SMILES string of the molecule is COc1ccc(N(CC(=O)N2CC[NH+](Cc3ccccc3)CC2)S(C)(=O)=O)cc1. The monoisotopic (exact) mass is 418 g/mol. The molecule has 0 atom stereocenters. The quantitative estimate of drug-likeness (QED) is 0.706. The van der Waals surface area contributed by atoms with Crippen LogP contribution in [0.4, 0.5) is 5.69 Å². The number of anilines is 1. The molecule has 1 aliphatic heterocycles. The lowest BCUT2D eigenvalue weighted by Gasteiger charge is -2.33. The highest BCUT2D eigenvalue weighted by Crippen LogP contribution is 2.21. The number of hydrogen-bond donors (Lipinski definition) is 1. The van der Waals surface area contributed by atoms with Gasteiger partial charge < -0.3 is 14.5 Å². The van der Waals surface area contributed by atoms with Crippen molar-refractivity contribution in [3.8, 4) is 5.75 Å². The van der Waals surface area contributed by atoms with Gasteiger partial charge in [-0.3, -0.25) is 9.10 Å². The van der Waals surface area contributed by atoms with E-state index in [1.54, 1.807) is 36.3 Å². The summed E-state index contributed by atoms with van der Waals surface area (Å²) < 4.78 is 30.8. The van der Waals surface area contributed by atoms with Crippen LogP contribution in [0, 0.1) is 0 Å². The summed E-state index contributed by atoms with van der Waals surface area (Å²) in [5.41, 5.74) is 1.74. The Morgan fingerprint density at radius 2 is 1.69 bits per heavy atom. The number of quaternary nitrogens is 1. The third-order valence-corrected chi connectivity index (χ3v) is 6.30. The number of benzene rings is 2. The summed E-state index contributed by atoms with van der Waals surface area (Å²) in [5.74, 6) is 0.455.